The first-order valence-corrected chi connectivity index (χ1v) is 6.58. The van der Waals surface area contributed by atoms with Gasteiger partial charge in [-0.2, -0.15) is 4.40 Å². The normalized spacial score (nSPS) is 10.8. The van der Waals surface area contributed by atoms with Crippen molar-refractivity contribution < 1.29 is 4.40 Å². The number of hydrogen-bond acceptors (Lipinski definition) is 3. The standard InChI is InChI=1S/C16H17N4/c1-12-8-7-11-20-15(12)17-14(18-16(20)19(2)3)13-9-5-4-6-10-13/h4-11H,1-3H3/q+1. The second-order valence-electron chi connectivity index (χ2n) is 4.99. The molecule has 0 saturated carbocycles. The van der Waals surface area contributed by atoms with Gasteiger partial charge in [0, 0.05) is 25.2 Å². The molecule has 0 saturated heterocycles. The molecule has 100 valence electrons. The van der Waals surface area contributed by atoms with Crippen molar-refractivity contribution in [2.45, 2.75) is 6.92 Å². The van der Waals surface area contributed by atoms with Crippen molar-refractivity contribution in [2.75, 3.05) is 19.0 Å². The first-order valence-electron chi connectivity index (χ1n) is 6.58. The summed E-state index contributed by atoms with van der Waals surface area (Å²) in [5.41, 5.74) is 3.10. The zero-order valence-electron chi connectivity index (χ0n) is 11.9. The van der Waals surface area contributed by atoms with Crippen LogP contribution in [-0.4, -0.2) is 24.1 Å². The molecule has 0 unspecified atom stereocenters. The molecule has 20 heavy (non-hydrogen) atoms. The molecule has 0 atom stereocenters. The SMILES string of the molecule is Cc1ccc[n+]2c(N(C)C)nc(-c3ccccc3)nc12. The first-order chi connectivity index (χ1) is 9.66. The summed E-state index contributed by atoms with van der Waals surface area (Å²) in [6.45, 7) is 2.07. The van der Waals surface area contributed by atoms with Crippen LogP contribution in [0.15, 0.2) is 48.7 Å². The van der Waals surface area contributed by atoms with Gasteiger partial charge in [-0.05, 0) is 25.1 Å². The van der Waals surface area contributed by atoms with Crippen LogP contribution in [0, 0.1) is 6.92 Å². The maximum atomic E-state index is 4.71. The number of nitrogens with zero attached hydrogens (tertiary/aromatic N) is 4. The summed E-state index contributed by atoms with van der Waals surface area (Å²) < 4.78 is 2.02. The molecule has 3 aromatic rings. The van der Waals surface area contributed by atoms with Gasteiger partial charge in [0.15, 0.2) is 0 Å². The van der Waals surface area contributed by atoms with Crippen molar-refractivity contribution in [3.8, 4) is 11.4 Å². The minimum Gasteiger partial charge on any atom is -0.286 e. The quantitative estimate of drug-likeness (QED) is 0.666. The number of aromatic nitrogens is 3. The Balaban J connectivity index is 2.33. The monoisotopic (exact) mass is 265 g/mol. The van der Waals surface area contributed by atoms with Gasteiger partial charge in [0.25, 0.3) is 5.82 Å². The molecule has 4 nitrogen and oxygen atoms in total. The van der Waals surface area contributed by atoms with E-state index < -0.39 is 0 Å². The van der Waals surface area contributed by atoms with Crippen LogP contribution < -0.4 is 9.30 Å². The molecule has 2 aromatic heterocycles. The Labute approximate surface area is 118 Å². The predicted octanol–water partition coefficient (Wildman–Crippen LogP) is 2.26. The number of fused-ring (bicyclic) bond motifs is 1. The van der Waals surface area contributed by atoms with E-state index in [1.54, 1.807) is 0 Å². The second-order valence-corrected chi connectivity index (χ2v) is 4.99. The van der Waals surface area contributed by atoms with Crippen molar-refractivity contribution in [1.29, 1.82) is 0 Å². The Hall–Kier alpha value is -2.49. The third kappa shape index (κ3) is 2.09. The van der Waals surface area contributed by atoms with E-state index >= 15 is 0 Å². The molecule has 0 spiro atoms. The molecule has 0 fully saturated rings. The summed E-state index contributed by atoms with van der Waals surface area (Å²) in [6, 6.07) is 14.1. The van der Waals surface area contributed by atoms with Crippen LogP contribution in [0.1, 0.15) is 5.56 Å². The van der Waals surface area contributed by atoms with Crippen LogP contribution in [0.2, 0.25) is 0 Å². The van der Waals surface area contributed by atoms with E-state index in [1.807, 2.05) is 66.0 Å². The minimum absolute atomic E-state index is 0.753. The Bertz CT molecular complexity index is 751. The fourth-order valence-electron chi connectivity index (χ4n) is 2.22. The molecular formula is C16H17N4+. The molecule has 0 aliphatic carbocycles. The van der Waals surface area contributed by atoms with Crippen LogP contribution in [0.25, 0.3) is 17.0 Å². The second kappa shape index (κ2) is 4.89. The predicted molar refractivity (Wildman–Crippen MR) is 79.7 cm³/mol. The van der Waals surface area contributed by atoms with E-state index in [0.717, 1.165) is 28.5 Å². The maximum Gasteiger partial charge on any atom is 0.357 e. The van der Waals surface area contributed by atoms with Gasteiger partial charge in [-0.25, -0.2) is 0 Å². The average Bonchev–Trinajstić information content (AvgIpc) is 2.47. The molecule has 0 aliphatic rings. The lowest BCUT2D eigenvalue weighted by Crippen LogP contribution is -2.34. The number of aryl methyl sites for hydroxylation is 1. The molecule has 0 amide bonds. The summed E-state index contributed by atoms with van der Waals surface area (Å²) in [4.78, 5) is 11.4. The third-order valence-electron chi connectivity index (χ3n) is 3.23. The van der Waals surface area contributed by atoms with Crippen LogP contribution in [0.3, 0.4) is 0 Å². The van der Waals surface area contributed by atoms with Gasteiger partial charge >= 0.3 is 5.95 Å². The molecule has 3 rings (SSSR count). The van der Waals surface area contributed by atoms with Gasteiger partial charge in [-0.3, -0.25) is 4.90 Å². The fourth-order valence-corrected chi connectivity index (χ4v) is 2.22. The summed E-state index contributed by atoms with van der Waals surface area (Å²) >= 11 is 0. The van der Waals surface area contributed by atoms with Crippen molar-refractivity contribution >= 4 is 11.6 Å². The molecular weight excluding hydrogens is 248 g/mol. The van der Waals surface area contributed by atoms with Crippen LogP contribution in [-0.2, 0) is 0 Å². The summed E-state index contributed by atoms with van der Waals surface area (Å²) in [5.74, 6) is 1.63. The third-order valence-corrected chi connectivity index (χ3v) is 3.23. The Kier molecular flexibility index (Phi) is 3.06. The molecule has 0 N–H and O–H groups in total. The van der Waals surface area contributed by atoms with Crippen molar-refractivity contribution in [1.82, 2.24) is 9.97 Å². The first kappa shape index (κ1) is 12.5. The van der Waals surface area contributed by atoms with Gasteiger partial charge < -0.3 is 0 Å². The highest BCUT2D eigenvalue weighted by molar-refractivity contribution is 5.58. The van der Waals surface area contributed by atoms with Gasteiger partial charge in [-0.15, -0.1) is 4.98 Å². The Morgan fingerprint density at radius 3 is 2.40 bits per heavy atom. The van der Waals surface area contributed by atoms with Gasteiger partial charge in [0.2, 0.25) is 5.65 Å². The molecule has 0 aliphatic heterocycles. The van der Waals surface area contributed by atoms with E-state index in [0.29, 0.717) is 0 Å². The van der Waals surface area contributed by atoms with Gasteiger partial charge in [-0.1, -0.05) is 29.2 Å². The van der Waals surface area contributed by atoms with Crippen LogP contribution in [0.5, 0.6) is 0 Å². The van der Waals surface area contributed by atoms with Gasteiger partial charge in [0.1, 0.15) is 0 Å². The lowest BCUT2D eigenvalue weighted by atomic mass is 10.2. The molecule has 0 radical (unpaired) electrons. The molecule has 1 aromatic carbocycles. The number of rotatable bonds is 2. The average molecular weight is 265 g/mol. The summed E-state index contributed by atoms with van der Waals surface area (Å²) in [5, 5.41) is 0. The zero-order chi connectivity index (χ0) is 14.1. The number of hydrogen-bond donors (Lipinski definition) is 0. The summed E-state index contributed by atoms with van der Waals surface area (Å²) in [6.07, 6.45) is 1.99. The van der Waals surface area contributed by atoms with Gasteiger partial charge in [0.05, 0.1) is 6.20 Å². The minimum atomic E-state index is 0.753. The van der Waals surface area contributed by atoms with Crippen molar-refractivity contribution in [3.63, 3.8) is 0 Å². The highest BCUT2D eigenvalue weighted by Crippen LogP contribution is 2.17. The largest absolute Gasteiger partial charge is 0.357 e. The number of anilines is 1. The van der Waals surface area contributed by atoms with E-state index in [9.17, 15) is 0 Å². The smallest absolute Gasteiger partial charge is 0.286 e. The van der Waals surface area contributed by atoms with E-state index in [1.165, 1.54) is 0 Å². The maximum absolute atomic E-state index is 4.71. The van der Waals surface area contributed by atoms with Crippen molar-refractivity contribution in [2.24, 2.45) is 0 Å². The highest BCUT2D eigenvalue weighted by Gasteiger charge is 2.19. The molecule has 0 bridgehead atoms. The lowest BCUT2D eigenvalue weighted by Gasteiger charge is -2.09. The highest BCUT2D eigenvalue weighted by atomic mass is 15.3. The van der Waals surface area contributed by atoms with Crippen molar-refractivity contribution in [3.05, 3.63) is 54.2 Å². The van der Waals surface area contributed by atoms with Crippen LogP contribution in [0.4, 0.5) is 5.95 Å². The molecule has 2 heterocycles. The van der Waals surface area contributed by atoms with E-state index in [4.69, 9.17) is 4.98 Å². The number of pyridine rings is 1. The summed E-state index contributed by atoms with van der Waals surface area (Å²) in [7, 11) is 3.98. The van der Waals surface area contributed by atoms with E-state index in [-0.39, 0.29) is 0 Å². The molecule has 4 heteroatoms. The number of benzene rings is 1. The lowest BCUT2D eigenvalue weighted by molar-refractivity contribution is -0.504. The zero-order valence-corrected chi connectivity index (χ0v) is 11.9. The Morgan fingerprint density at radius 1 is 0.950 bits per heavy atom. The van der Waals surface area contributed by atoms with E-state index in [2.05, 4.69) is 18.0 Å². The fraction of sp³-hybridized carbons (Fsp3) is 0.188. The Morgan fingerprint density at radius 2 is 1.70 bits per heavy atom. The van der Waals surface area contributed by atoms with Crippen LogP contribution >= 0.6 is 0 Å². The topological polar surface area (TPSA) is 33.1 Å².